The Labute approximate surface area is 246 Å². The molecule has 5 rings (SSSR count). The number of primary amides is 1. The summed E-state index contributed by atoms with van der Waals surface area (Å²) in [4.78, 5) is 30.8. The van der Waals surface area contributed by atoms with Crippen LogP contribution >= 0.6 is 0 Å². The van der Waals surface area contributed by atoms with Crippen LogP contribution in [0.5, 0.6) is 0 Å². The van der Waals surface area contributed by atoms with Crippen molar-refractivity contribution >= 4 is 21.7 Å². The van der Waals surface area contributed by atoms with Crippen LogP contribution in [0.2, 0.25) is 0 Å². The van der Waals surface area contributed by atoms with E-state index in [0.29, 0.717) is 5.56 Å². The predicted molar refractivity (Wildman–Crippen MR) is 154 cm³/mol. The van der Waals surface area contributed by atoms with Gasteiger partial charge in [-0.05, 0) is 48.4 Å². The molecular formula is C29H29FN6O6S. The van der Waals surface area contributed by atoms with Crippen LogP contribution < -0.4 is 16.8 Å². The van der Waals surface area contributed by atoms with Gasteiger partial charge in [0.05, 0.1) is 30.5 Å². The number of ether oxygens (including phenoxy) is 2. The average Bonchev–Trinajstić information content (AvgIpc) is 3.66. The molecule has 2 amide bonds. The van der Waals surface area contributed by atoms with Gasteiger partial charge in [-0.1, -0.05) is 30.3 Å². The molecule has 3 heterocycles. The Bertz CT molecular complexity index is 1740. The van der Waals surface area contributed by atoms with Crippen molar-refractivity contribution in [2.45, 2.75) is 23.6 Å². The average molecular weight is 609 g/mol. The lowest BCUT2D eigenvalue weighted by Gasteiger charge is -2.33. The molecule has 43 heavy (non-hydrogen) atoms. The summed E-state index contributed by atoms with van der Waals surface area (Å²) in [6.45, 7) is 0.204. The van der Waals surface area contributed by atoms with Gasteiger partial charge in [-0.2, -0.15) is 5.10 Å². The van der Waals surface area contributed by atoms with Crippen LogP contribution in [0.15, 0.2) is 79.1 Å². The van der Waals surface area contributed by atoms with Crippen LogP contribution in [-0.2, 0) is 30.5 Å². The maximum atomic E-state index is 13.8. The number of carbonyl (C=O) groups excluding carboxylic acids is 2. The highest BCUT2D eigenvalue weighted by molar-refractivity contribution is 7.90. The summed E-state index contributed by atoms with van der Waals surface area (Å²) in [5.41, 5.74) is 13.3. The normalized spacial score (nSPS) is 16.0. The molecule has 2 aromatic heterocycles. The minimum absolute atomic E-state index is 0.0332. The zero-order chi connectivity index (χ0) is 30.8. The molecule has 0 bridgehead atoms. The van der Waals surface area contributed by atoms with Gasteiger partial charge in [-0.25, -0.2) is 22.5 Å². The smallest absolute Gasteiger partial charge is 0.280 e. The van der Waals surface area contributed by atoms with Crippen LogP contribution in [0.3, 0.4) is 0 Å². The van der Waals surface area contributed by atoms with Gasteiger partial charge in [-0.15, -0.1) is 0 Å². The lowest BCUT2D eigenvalue weighted by Crippen LogP contribution is -2.61. The Morgan fingerprint density at radius 2 is 1.74 bits per heavy atom. The van der Waals surface area contributed by atoms with Crippen LogP contribution in [0.4, 0.5) is 4.39 Å². The van der Waals surface area contributed by atoms with Crippen molar-refractivity contribution in [2.24, 2.45) is 11.5 Å². The number of pyridine rings is 1. The molecule has 0 radical (unpaired) electrons. The van der Waals surface area contributed by atoms with Crippen molar-refractivity contribution in [2.75, 3.05) is 19.5 Å². The van der Waals surface area contributed by atoms with E-state index in [-0.39, 0.29) is 42.3 Å². The molecule has 0 spiro atoms. The summed E-state index contributed by atoms with van der Waals surface area (Å²) in [6, 6.07) is 16.4. The summed E-state index contributed by atoms with van der Waals surface area (Å²) >= 11 is 0. The number of hydrogen-bond acceptors (Lipinski definition) is 9. The van der Waals surface area contributed by atoms with E-state index >= 15 is 0 Å². The summed E-state index contributed by atoms with van der Waals surface area (Å²) in [5.74, 6) is -3.92. The molecule has 1 aliphatic heterocycles. The number of aromatic nitrogens is 3. The number of amides is 2. The van der Waals surface area contributed by atoms with Crippen molar-refractivity contribution in [1.82, 2.24) is 20.1 Å². The van der Waals surface area contributed by atoms with Gasteiger partial charge in [-0.3, -0.25) is 9.59 Å². The van der Waals surface area contributed by atoms with E-state index in [1.807, 2.05) is 30.3 Å². The Morgan fingerprint density at radius 1 is 1.07 bits per heavy atom. The molecule has 1 aliphatic rings. The van der Waals surface area contributed by atoms with Crippen molar-refractivity contribution < 1.29 is 31.9 Å². The third kappa shape index (κ3) is 6.17. The van der Waals surface area contributed by atoms with Crippen molar-refractivity contribution in [3.8, 4) is 17.1 Å². The minimum atomic E-state index is -3.78. The van der Waals surface area contributed by atoms with Crippen molar-refractivity contribution in [1.29, 1.82) is 0 Å². The first-order valence-corrected chi connectivity index (χ1v) is 15.1. The second-order valence-electron chi connectivity index (χ2n) is 9.95. The largest absolute Gasteiger partial charge is 0.365 e. The highest BCUT2D eigenvalue weighted by atomic mass is 32.2. The summed E-state index contributed by atoms with van der Waals surface area (Å²) in [7, 11) is -3.78. The molecule has 0 aliphatic carbocycles. The fourth-order valence-electron chi connectivity index (χ4n) is 4.83. The van der Waals surface area contributed by atoms with Gasteiger partial charge < -0.3 is 26.3 Å². The van der Waals surface area contributed by atoms with E-state index in [9.17, 15) is 22.4 Å². The van der Waals surface area contributed by atoms with Gasteiger partial charge in [0.15, 0.2) is 15.7 Å². The fourth-order valence-corrected chi connectivity index (χ4v) is 5.47. The second-order valence-corrected chi connectivity index (χ2v) is 12.1. The van der Waals surface area contributed by atoms with E-state index in [1.54, 1.807) is 0 Å². The van der Waals surface area contributed by atoms with E-state index in [1.165, 1.54) is 53.5 Å². The molecule has 1 fully saturated rings. The third-order valence-electron chi connectivity index (χ3n) is 6.98. The Hall–Kier alpha value is -4.50. The van der Waals surface area contributed by atoms with Crippen LogP contribution in [-0.4, -0.2) is 66.3 Å². The molecule has 0 saturated carbocycles. The predicted octanol–water partition coefficient (Wildman–Crippen LogP) is 1.64. The number of nitrogens with one attached hydrogen (secondary N) is 1. The van der Waals surface area contributed by atoms with Crippen LogP contribution in [0.25, 0.3) is 17.1 Å². The number of nitrogens with zero attached hydrogens (tertiary/aromatic N) is 3. The fraction of sp³-hybridized carbons (Fsp3) is 0.241. The number of rotatable bonds is 10. The Balaban J connectivity index is 1.56. The van der Waals surface area contributed by atoms with Gasteiger partial charge in [0, 0.05) is 29.8 Å². The topological polar surface area (TPSA) is 182 Å². The van der Waals surface area contributed by atoms with Gasteiger partial charge in [0.25, 0.3) is 17.6 Å². The highest BCUT2D eigenvalue weighted by Crippen LogP contribution is 2.31. The zero-order valence-electron chi connectivity index (χ0n) is 23.0. The van der Waals surface area contributed by atoms with Gasteiger partial charge in [0.1, 0.15) is 11.2 Å². The maximum absolute atomic E-state index is 13.8. The lowest BCUT2D eigenvalue weighted by atomic mass is 9.97. The lowest BCUT2D eigenvalue weighted by molar-refractivity contribution is -0.189. The Kier molecular flexibility index (Phi) is 8.37. The van der Waals surface area contributed by atoms with Gasteiger partial charge in [0.2, 0.25) is 0 Å². The van der Waals surface area contributed by atoms with E-state index in [2.05, 4.69) is 15.4 Å². The summed E-state index contributed by atoms with van der Waals surface area (Å²) < 4.78 is 51.1. The molecule has 5 N–H and O–H groups in total. The van der Waals surface area contributed by atoms with Gasteiger partial charge >= 0.3 is 0 Å². The molecule has 14 heteroatoms. The van der Waals surface area contributed by atoms with Crippen LogP contribution in [0.1, 0.15) is 26.9 Å². The number of nitrogens with two attached hydrogens (primary N) is 2. The number of hydrogen-bond donors (Lipinski definition) is 3. The third-order valence-corrected chi connectivity index (χ3v) is 8.16. The summed E-state index contributed by atoms with van der Waals surface area (Å²) in [5, 5.41) is 5.87. The molecular weight excluding hydrogens is 579 g/mol. The monoisotopic (exact) mass is 608 g/mol. The summed E-state index contributed by atoms with van der Waals surface area (Å²) in [6.07, 6.45) is 3.92. The molecule has 2 aromatic carbocycles. The number of benzene rings is 2. The second kappa shape index (κ2) is 12.0. The first-order chi connectivity index (χ1) is 20.5. The van der Waals surface area contributed by atoms with E-state index in [0.717, 1.165) is 11.8 Å². The number of carbonyl (C=O) groups is 2. The zero-order valence-corrected chi connectivity index (χ0v) is 23.8. The SMILES string of the molecule is CS(=O)(=O)C(N)c1cn(-c2ncccc2C(=O)NC(Cc2ccccc2)C2(C(N)=O)OCCO2)nc1-c1ccc(F)cc1. The number of sulfone groups is 1. The molecule has 12 nitrogen and oxygen atoms in total. The van der Waals surface area contributed by atoms with E-state index < -0.39 is 44.7 Å². The highest BCUT2D eigenvalue weighted by Gasteiger charge is 2.51. The molecule has 4 aromatic rings. The molecule has 1 saturated heterocycles. The molecule has 224 valence electrons. The molecule has 2 atom stereocenters. The first-order valence-electron chi connectivity index (χ1n) is 13.2. The molecule has 2 unspecified atom stereocenters. The standard InChI is InChI=1S/C29H29FN6O6S/c1-43(39,40)25(31)22-17-36(35-24(22)19-9-11-20(30)12-10-19)26-21(8-5-13-33-26)27(37)34-23(16-18-6-3-2-4-7-18)29(28(32)38)41-14-15-42-29/h2-13,17,23,25H,14-16,31H2,1H3,(H2,32,38)(H,34,37). The van der Waals surface area contributed by atoms with Crippen LogP contribution in [0, 0.1) is 5.82 Å². The van der Waals surface area contributed by atoms with E-state index in [4.69, 9.17) is 20.9 Å². The van der Waals surface area contributed by atoms with Crippen molar-refractivity contribution in [3.05, 3.63) is 102 Å². The Morgan fingerprint density at radius 3 is 2.37 bits per heavy atom. The van der Waals surface area contributed by atoms with Crippen molar-refractivity contribution in [3.63, 3.8) is 0 Å². The maximum Gasteiger partial charge on any atom is 0.280 e. The minimum Gasteiger partial charge on any atom is -0.365 e. The first kappa shape index (κ1) is 30.0. The quantitative estimate of drug-likeness (QED) is 0.241. The number of halogens is 1.